The topological polar surface area (TPSA) is 74.6 Å². The van der Waals surface area contributed by atoms with E-state index in [0.717, 1.165) is 55.7 Å². The molecule has 33 heavy (non-hydrogen) atoms. The number of fused-ring (bicyclic) bond motifs is 5. The van der Waals surface area contributed by atoms with Crippen LogP contribution >= 0.6 is 11.6 Å². The fraction of sp³-hybridized carbons (Fsp3) is 0.519. The molecule has 3 unspecified atom stereocenters. The number of nitrogens with one attached hydrogen (secondary N) is 1. The molecule has 5 rings (SSSR count). The Morgan fingerprint density at radius 3 is 2.97 bits per heavy atom. The van der Waals surface area contributed by atoms with Crippen LogP contribution < -0.4 is 5.32 Å². The van der Waals surface area contributed by atoms with E-state index in [-0.39, 0.29) is 11.3 Å². The Bertz CT molecular complexity index is 1060. The Hall–Kier alpha value is -2.40. The highest BCUT2D eigenvalue weighted by molar-refractivity contribution is 6.30. The lowest BCUT2D eigenvalue weighted by molar-refractivity contribution is -0.116. The number of anilines is 1. The molecule has 3 aliphatic rings. The lowest BCUT2D eigenvalue weighted by atomic mass is 9.54. The molecule has 2 aromatic rings. The van der Waals surface area contributed by atoms with Crippen LogP contribution in [-0.2, 0) is 11.2 Å². The van der Waals surface area contributed by atoms with Gasteiger partial charge in [0.2, 0.25) is 5.91 Å². The lowest BCUT2D eigenvalue weighted by Crippen LogP contribution is -2.44. The number of hydrogen-bond donors (Lipinski definition) is 2. The Labute approximate surface area is 200 Å². The number of halogens is 1. The van der Waals surface area contributed by atoms with E-state index < -0.39 is 0 Å². The monoisotopic (exact) mass is 465 g/mol. The van der Waals surface area contributed by atoms with Gasteiger partial charge >= 0.3 is 0 Å². The number of amides is 1. The maximum Gasteiger partial charge on any atom is 0.225 e. The zero-order valence-electron chi connectivity index (χ0n) is 19.1. The van der Waals surface area contributed by atoms with Crippen LogP contribution in [0.4, 0.5) is 5.82 Å². The number of aryl methyl sites for hydroxylation is 1. The molecule has 2 N–H and O–H groups in total. The van der Waals surface area contributed by atoms with Gasteiger partial charge in [-0.15, -0.1) is 0 Å². The van der Waals surface area contributed by atoms with Crippen molar-refractivity contribution in [1.29, 1.82) is 0 Å². The predicted molar refractivity (Wildman–Crippen MR) is 131 cm³/mol. The predicted octanol–water partition coefficient (Wildman–Crippen LogP) is 6.46. The Morgan fingerprint density at radius 2 is 2.18 bits per heavy atom. The highest BCUT2D eigenvalue weighted by atomic mass is 35.5. The fourth-order valence-electron chi connectivity index (χ4n) is 7.22. The summed E-state index contributed by atoms with van der Waals surface area (Å²) in [6, 6.07) is 11.9. The molecule has 0 bridgehead atoms. The fourth-order valence-corrected chi connectivity index (χ4v) is 7.41. The van der Waals surface area contributed by atoms with Crippen LogP contribution in [0.25, 0.3) is 0 Å². The summed E-state index contributed by atoms with van der Waals surface area (Å²) in [6.07, 6.45) is 9.22. The maximum absolute atomic E-state index is 12.4. The Balaban J connectivity index is 1.30. The smallest absolute Gasteiger partial charge is 0.225 e. The molecule has 174 valence electrons. The van der Waals surface area contributed by atoms with Gasteiger partial charge in [-0.05, 0) is 104 Å². The summed E-state index contributed by atoms with van der Waals surface area (Å²) >= 11 is 6.28. The van der Waals surface area contributed by atoms with Crippen molar-refractivity contribution in [2.75, 3.05) is 5.32 Å². The summed E-state index contributed by atoms with van der Waals surface area (Å²) < 4.78 is 0. The number of benzene rings is 1. The zero-order valence-corrected chi connectivity index (χ0v) is 19.9. The van der Waals surface area contributed by atoms with E-state index in [1.54, 1.807) is 12.3 Å². The van der Waals surface area contributed by atoms with Crippen molar-refractivity contribution in [3.05, 3.63) is 58.7 Å². The van der Waals surface area contributed by atoms with Gasteiger partial charge in [0.15, 0.2) is 0 Å². The molecule has 1 amide bonds. The minimum absolute atomic E-state index is 0.00972. The first-order valence-corrected chi connectivity index (χ1v) is 12.6. The minimum Gasteiger partial charge on any atom is -0.411 e. The van der Waals surface area contributed by atoms with Crippen LogP contribution in [0.1, 0.15) is 68.9 Å². The van der Waals surface area contributed by atoms with Crippen molar-refractivity contribution in [3.63, 3.8) is 0 Å². The molecule has 5 nitrogen and oxygen atoms in total. The summed E-state index contributed by atoms with van der Waals surface area (Å²) in [5.74, 6) is 2.69. The molecule has 5 atom stereocenters. The second-order valence-electron chi connectivity index (χ2n) is 10.3. The van der Waals surface area contributed by atoms with Gasteiger partial charge in [-0.2, -0.15) is 0 Å². The molecular weight excluding hydrogens is 434 g/mol. The van der Waals surface area contributed by atoms with Crippen LogP contribution in [0.5, 0.6) is 0 Å². The number of nitrogens with zero attached hydrogens (tertiary/aromatic N) is 2. The first kappa shape index (κ1) is 22.4. The first-order valence-electron chi connectivity index (χ1n) is 12.2. The SMILES string of the molecule is C[C@]12CCC3c4ccc(Cl)cc4CCC3C1[C@H](CCCC(=O)Nc1ccccn1)C/C2=N\O. The summed E-state index contributed by atoms with van der Waals surface area (Å²) in [5.41, 5.74) is 3.81. The van der Waals surface area contributed by atoms with Crippen molar-refractivity contribution in [3.8, 4) is 0 Å². The van der Waals surface area contributed by atoms with Gasteiger partial charge in [0.25, 0.3) is 0 Å². The second-order valence-corrected chi connectivity index (χ2v) is 10.7. The van der Waals surface area contributed by atoms with Gasteiger partial charge in [0.1, 0.15) is 5.82 Å². The van der Waals surface area contributed by atoms with Crippen LogP contribution in [0.2, 0.25) is 5.02 Å². The van der Waals surface area contributed by atoms with Crippen LogP contribution in [0.3, 0.4) is 0 Å². The van der Waals surface area contributed by atoms with Gasteiger partial charge in [-0.3, -0.25) is 4.79 Å². The summed E-state index contributed by atoms with van der Waals surface area (Å²) in [6.45, 7) is 2.31. The molecular formula is C27H32ClN3O2. The molecule has 0 aliphatic heterocycles. The summed E-state index contributed by atoms with van der Waals surface area (Å²) in [5, 5.41) is 17.4. The van der Waals surface area contributed by atoms with Crippen molar-refractivity contribution < 1.29 is 10.0 Å². The highest BCUT2D eigenvalue weighted by Crippen LogP contribution is 2.62. The Kier molecular flexibility index (Phi) is 6.17. The Morgan fingerprint density at radius 1 is 1.30 bits per heavy atom. The third kappa shape index (κ3) is 4.16. The van der Waals surface area contributed by atoms with Crippen LogP contribution in [-0.4, -0.2) is 21.8 Å². The summed E-state index contributed by atoms with van der Waals surface area (Å²) in [4.78, 5) is 16.6. The van der Waals surface area contributed by atoms with E-state index in [1.807, 2.05) is 18.2 Å². The molecule has 1 aromatic carbocycles. The molecule has 2 saturated carbocycles. The number of carbonyl (C=O) groups is 1. The third-order valence-electron chi connectivity index (χ3n) is 8.59. The van der Waals surface area contributed by atoms with Crippen molar-refractivity contribution in [1.82, 2.24) is 4.98 Å². The van der Waals surface area contributed by atoms with E-state index in [2.05, 4.69) is 34.5 Å². The maximum atomic E-state index is 12.4. The number of pyridine rings is 1. The molecule has 1 aromatic heterocycles. The van der Waals surface area contributed by atoms with Gasteiger partial charge in [-0.1, -0.05) is 35.8 Å². The minimum atomic E-state index is -0.0409. The van der Waals surface area contributed by atoms with E-state index in [1.165, 1.54) is 11.1 Å². The van der Waals surface area contributed by atoms with Gasteiger partial charge in [-0.25, -0.2) is 4.98 Å². The van der Waals surface area contributed by atoms with Crippen molar-refractivity contribution in [2.45, 2.75) is 64.2 Å². The number of oxime groups is 1. The third-order valence-corrected chi connectivity index (χ3v) is 8.83. The van der Waals surface area contributed by atoms with Crippen molar-refractivity contribution in [2.24, 2.45) is 28.3 Å². The average Bonchev–Trinajstić information content (AvgIpc) is 3.11. The lowest BCUT2D eigenvalue weighted by Gasteiger charge is -2.50. The molecule has 2 fully saturated rings. The zero-order chi connectivity index (χ0) is 23.0. The average molecular weight is 466 g/mol. The number of rotatable bonds is 5. The van der Waals surface area contributed by atoms with E-state index in [4.69, 9.17) is 11.6 Å². The number of aromatic nitrogens is 1. The van der Waals surface area contributed by atoms with Crippen LogP contribution in [0.15, 0.2) is 47.8 Å². The number of hydrogen-bond acceptors (Lipinski definition) is 4. The summed E-state index contributed by atoms with van der Waals surface area (Å²) in [7, 11) is 0. The van der Waals surface area contributed by atoms with E-state index in [0.29, 0.717) is 35.9 Å². The molecule has 6 heteroatoms. The molecule has 0 radical (unpaired) electrons. The molecule has 1 heterocycles. The van der Waals surface area contributed by atoms with Crippen LogP contribution in [0, 0.1) is 23.2 Å². The quantitative estimate of drug-likeness (QED) is 0.393. The van der Waals surface area contributed by atoms with Gasteiger partial charge in [0, 0.05) is 23.1 Å². The van der Waals surface area contributed by atoms with E-state index >= 15 is 0 Å². The number of carbonyl (C=O) groups excluding carboxylic acids is 1. The standard InChI is InChI=1S/C27H32ClN3O2/c1-27-13-12-21-20-11-9-19(28)15-17(20)8-10-22(21)26(27)18(16-23(27)31-33)5-4-7-25(32)30-24-6-2-3-14-29-24/h2-3,6,9,11,14-15,18,21-22,26,33H,4-5,7-8,10,12-13,16H2,1H3,(H,29,30,32)/b31-23+/t18-,21?,22?,26?,27-/m1/s1. The van der Waals surface area contributed by atoms with E-state index in [9.17, 15) is 10.0 Å². The van der Waals surface area contributed by atoms with Crippen molar-refractivity contribution >= 4 is 29.0 Å². The first-order chi connectivity index (χ1) is 16.0. The largest absolute Gasteiger partial charge is 0.411 e. The van der Waals surface area contributed by atoms with Gasteiger partial charge in [0.05, 0.1) is 5.71 Å². The van der Waals surface area contributed by atoms with Gasteiger partial charge < -0.3 is 10.5 Å². The normalized spacial score (nSPS) is 31.5. The molecule has 0 spiro atoms. The highest BCUT2D eigenvalue weighted by Gasteiger charge is 2.57. The molecule has 3 aliphatic carbocycles. The second kappa shape index (κ2) is 9.09. The molecule has 0 saturated heterocycles.